The maximum atomic E-state index is 11.8. The van der Waals surface area contributed by atoms with Gasteiger partial charge >= 0.3 is 5.97 Å². The van der Waals surface area contributed by atoms with E-state index in [0.717, 1.165) is 25.7 Å². The minimum absolute atomic E-state index is 0.127. The number of likely N-dealkylation sites (N-methyl/N-ethyl adjacent to an activating group) is 1. The van der Waals surface area contributed by atoms with E-state index in [0.29, 0.717) is 19.4 Å². The Kier molecular flexibility index (Phi) is 19.0. The average Bonchev–Trinajstić information content (AvgIpc) is 2.67. The van der Waals surface area contributed by atoms with E-state index in [1.165, 1.54) is 57.8 Å². The number of rotatable bonds is 20. The van der Waals surface area contributed by atoms with Crippen molar-refractivity contribution < 1.29 is 14.7 Å². The van der Waals surface area contributed by atoms with Crippen LogP contribution in [0.1, 0.15) is 103 Å². The van der Waals surface area contributed by atoms with Crippen molar-refractivity contribution in [2.75, 3.05) is 20.6 Å². The number of carbonyl (C=O) groups is 2. The number of aliphatic carboxylic acids is 1. The van der Waals surface area contributed by atoms with Crippen LogP contribution in [0.4, 0.5) is 0 Å². The average molecular weight is 411 g/mol. The highest BCUT2D eigenvalue weighted by atomic mass is 16.4. The van der Waals surface area contributed by atoms with Crippen molar-refractivity contribution in [1.82, 2.24) is 10.2 Å². The van der Waals surface area contributed by atoms with Gasteiger partial charge in [0.05, 0.1) is 0 Å². The number of amides is 1. The molecule has 0 aromatic rings. The van der Waals surface area contributed by atoms with Crippen molar-refractivity contribution >= 4 is 11.9 Å². The van der Waals surface area contributed by atoms with Crippen molar-refractivity contribution in [3.63, 3.8) is 0 Å². The van der Waals surface area contributed by atoms with E-state index >= 15 is 0 Å². The summed E-state index contributed by atoms with van der Waals surface area (Å²) < 4.78 is 0. The molecule has 0 rings (SSSR count). The first-order valence-corrected chi connectivity index (χ1v) is 11.8. The van der Waals surface area contributed by atoms with E-state index in [4.69, 9.17) is 5.11 Å². The minimum atomic E-state index is -0.779. The summed E-state index contributed by atoms with van der Waals surface area (Å²) in [5.74, 6) is -0.652. The van der Waals surface area contributed by atoms with Gasteiger partial charge in [0.15, 0.2) is 0 Å². The first-order chi connectivity index (χ1) is 14.0. The van der Waals surface area contributed by atoms with E-state index in [9.17, 15) is 9.59 Å². The smallest absolute Gasteiger partial charge is 0.320 e. The molecule has 5 nitrogen and oxygen atoms in total. The number of carboxylic acid groups (broad SMARTS) is 1. The number of unbranched alkanes of at least 4 members (excludes halogenated alkanes) is 10. The van der Waals surface area contributed by atoms with Gasteiger partial charge in [-0.05, 0) is 59.0 Å². The van der Waals surface area contributed by atoms with Gasteiger partial charge in [0.2, 0.25) is 5.91 Å². The van der Waals surface area contributed by atoms with Crippen molar-refractivity contribution in [1.29, 1.82) is 0 Å². The van der Waals surface area contributed by atoms with Crippen LogP contribution < -0.4 is 5.32 Å². The van der Waals surface area contributed by atoms with Crippen LogP contribution in [0.3, 0.4) is 0 Å². The van der Waals surface area contributed by atoms with Gasteiger partial charge in [0, 0.05) is 13.0 Å². The Morgan fingerprint density at radius 1 is 0.862 bits per heavy atom. The molecule has 0 fully saturated rings. The summed E-state index contributed by atoms with van der Waals surface area (Å²) in [6.45, 7) is 2.87. The predicted octanol–water partition coefficient (Wildman–Crippen LogP) is 5.55. The van der Waals surface area contributed by atoms with Gasteiger partial charge in [-0.2, -0.15) is 0 Å². The van der Waals surface area contributed by atoms with Gasteiger partial charge in [-0.25, -0.2) is 0 Å². The molecular formula is C24H46N2O3. The third-order valence-electron chi connectivity index (χ3n) is 5.30. The lowest BCUT2D eigenvalue weighted by atomic mass is 10.1. The fourth-order valence-corrected chi connectivity index (χ4v) is 3.37. The number of carbonyl (C=O) groups excluding carboxylic acids is 1. The van der Waals surface area contributed by atoms with Crippen LogP contribution in [-0.2, 0) is 9.59 Å². The second-order valence-electron chi connectivity index (χ2n) is 8.29. The molecule has 0 aromatic heterocycles. The van der Waals surface area contributed by atoms with E-state index < -0.39 is 12.0 Å². The Hall–Kier alpha value is -1.36. The molecule has 5 heteroatoms. The SMILES string of the molecule is CCCC/C=C/CCCCCCCCCC(=O)NCCCC[C@@H](C(=O)O)N(C)C. The molecule has 0 unspecified atom stereocenters. The molecule has 0 spiro atoms. The molecular weight excluding hydrogens is 364 g/mol. The van der Waals surface area contributed by atoms with Gasteiger partial charge in [-0.3, -0.25) is 14.5 Å². The molecule has 0 heterocycles. The number of nitrogens with zero attached hydrogens (tertiary/aromatic N) is 1. The molecule has 0 aromatic carbocycles. The maximum Gasteiger partial charge on any atom is 0.320 e. The molecule has 170 valence electrons. The van der Waals surface area contributed by atoms with Crippen molar-refractivity contribution in [2.24, 2.45) is 0 Å². The van der Waals surface area contributed by atoms with Gasteiger partial charge in [-0.1, -0.05) is 64.0 Å². The van der Waals surface area contributed by atoms with Crippen LogP contribution in [0, 0.1) is 0 Å². The number of hydrogen-bond donors (Lipinski definition) is 2. The van der Waals surface area contributed by atoms with E-state index in [1.54, 1.807) is 19.0 Å². The quantitative estimate of drug-likeness (QED) is 0.204. The van der Waals surface area contributed by atoms with Crippen LogP contribution in [0.5, 0.6) is 0 Å². The Morgan fingerprint density at radius 2 is 1.45 bits per heavy atom. The van der Waals surface area contributed by atoms with Crippen LogP contribution in [0.2, 0.25) is 0 Å². The van der Waals surface area contributed by atoms with Crippen LogP contribution in [-0.4, -0.2) is 48.6 Å². The molecule has 29 heavy (non-hydrogen) atoms. The summed E-state index contributed by atoms with van der Waals surface area (Å²) in [5.41, 5.74) is 0. The zero-order chi connectivity index (χ0) is 21.7. The lowest BCUT2D eigenvalue weighted by Crippen LogP contribution is -2.35. The summed E-state index contributed by atoms with van der Waals surface area (Å²) >= 11 is 0. The Labute approximate surface area is 179 Å². The lowest BCUT2D eigenvalue weighted by molar-refractivity contribution is -0.142. The van der Waals surface area contributed by atoms with Gasteiger partial charge in [0.1, 0.15) is 6.04 Å². The first kappa shape index (κ1) is 27.6. The lowest BCUT2D eigenvalue weighted by Gasteiger charge is -2.19. The van der Waals surface area contributed by atoms with Crippen molar-refractivity contribution in [3.05, 3.63) is 12.2 Å². The monoisotopic (exact) mass is 410 g/mol. The Bertz CT molecular complexity index is 436. The van der Waals surface area contributed by atoms with Gasteiger partial charge < -0.3 is 10.4 Å². The molecule has 0 bridgehead atoms. The highest BCUT2D eigenvalue weighted by Gasteiger charge is 2.18. The third-order valence-corrected chi connectivity index (χ3v) is 5.30. The van der Waals surface area contributed by atoms with E-state index in [-0.39, 0.29) is 5.91 Å². The van der Waals surface area contributed by atoms with Crippen LogP contribution in [0.15, 0.2) is 12.2 Å². The van der Waals surface area contributed by atoms with Crippen molar-refractivity contribution in [2.45, 2.75) is 109 Å². The summed E-state index contributed by atoms with van der Waals surface area (Å²) in [4.78, 5) is 24.7. The van der Waals surface area contributed by atoms with Crippen molar-refractivity contribution in [3.8, 4) is 0 Å². The fraction of sp³-hybridized carbons (Fsp3) is 0.833. The van der Waals surface area contributed by atoms with Crippen LogP contribution in [0.25, 0.3) is 0 Å². The van der Waals surface area contributed by atoms with E-state index in [1.807, 2.05) is 0 Å². The zero-order valence-electron chi connectivity index (χ0n) is 19.3. The Morgan fingerprint density at radius 3 is 2.03 bits per heavy atom. The molecule has 0 saturated heterocycles. The molecule has 2 N–H and O–H groups in total. The Balaban J connectivity index is 3.40. The summed E-state index contributed by atoms with van der Waals surface area (Å²) in [5, 5.41) is 12.1. The number of hydrogen-bond acceptors (Lipinski definition) is 3. The normalized spacial score (nSPS) is 12.6. The second kappa shape index (κ2) is 19.9. The molecule has 1 amide bonds. The maximum absolute atomic E-state index is 11.8. The van der Waals surface area contributed by atoms with Gasteiger partial charge in [-0.15, -0.1) is 0 Å². The number of carboxylic acids is 1. The standard InChI is InChI=1S/C24H46N2O3/c1-4-5-6-7-8-9-10-11-12-13-14-15-16-20-23(27)25-21-18-17-19-22(24(28)29)26(2)3/h7-8,22H,4-6,9-21H2,1-3H3,(H,25,27)(H,28,29)/b8-7+/t22-/m0/s1. The van der Waals surface area contributed by atoms with Gasteiger partial charge in [0.25, 0.3) is 0 Å². The molecule has 0 radical (unpaired) electrons. The largest absolute Gasteiger partial charge is 0.480 e. The molecule has 0 aliphatic heterocycles. The second-order valence-corrected chi connectivity index (χ2v) is 8.29. The zero-order valence-corrected chi connectivity index (χ0v) is 19.3. The van der Waals surface area contributed by atoms with E-state index in [2.05, 4.69) is 24.4 Å². The summed E-state index contributed by atoms with van der Waals surface area (Å²) in [6, 6.07) is -0.437. The molecule has 0 saturated carbocycles. The predicted molar refractivity (Wildman–Crippen MR) is 122 cm³/mol. The molecule has 0 aliphatic rings. The summed E-state index contributed by atoms with van der Waals surface area (Å²) in [6.07, 6.45) is 21.1. The first-order valence-electron chi connectivity index (χ1n) is 11.8. The minimum Gasteiger partial charge on any atom is -0.480 e. The third kappa shape index (κ3) is 18.4. The summed E-state index contributed by atoms with van der Waals surface area (Å²) in [7, 11) is 3.57. The molecule has 1 atom stereocenters. The van der Waals surface area contributed by atoms with Crippen LogP contribution >= 0.6 is 0 Å². The highest BCUT2D eigenvalue weighted by molar-refractivity contribution is 5.75. The number of nitrogens with one attached hydrogen (secondary N) is 1. The molecule has 0 aliphatic carbocycles. The number of allylic oxidation sites excluding steroid dienone is 2. The highest BCUT2D eigenvalue weighted by Crippen LogP contribution is 2.10. The fourth-order valence-electron chi connectivity index (χ4n) is 3.37. The topological polar surface area (TPSA) is 69.6 Å².